The molecular weight excluding hydrogens is 276 g/mol. The van der Waals surface area contributed by atoms with E-state index in [0.717, 1.165) is 23.3 Å². The maximum absolute atomic E-state index is 11.2. The summed E-state index contributed by atoms with van der Waals surface area (Å²) in [7, 11) is 0. The van der Waals surface area contributed by atoms with Crippen molar-refractivity contribution in [3.05, 3.63) is 65.0 Å². The molecule has 1 aromatic heterocycles. The summed E-state index contributed by atoms with van der Waals surface area (Å²) < 4.78 is 2.10. The van der Waals surface area contributed by atoms with Gasteiger partial charge >= 0.3 is 5.97 Å². The fourth-order valence-electron chi connectivity index (χ4n) is 2.63. The number of hydrogen-bond donors (Lipinski definition) is 1. The molecule has 0 aliphatic rings. The van der Waals surface area contributed by atoms with Crippen LogP contribution in [0.5, 0.6) is 0 Å². The lowest BCUT2D eigenvalue weighted by Crippen LogP contribution is -2.05. The number of benzene rings is 2. The highest BCUT2D eigenvalue weighted by molar-refractivity contribution is 5.92. The van der Waals surface area contributed by atoms with Crippen LogP contribution in [-0.4, -0.2) is 20.6 Å². The first-order valence-corrected chi connectivity index (χ1v) is 7.36. The SMILES string of the molecule is CCc1nc2ccc(C(=O)O)cc2n1Cc1ccc(C)cc1. The zero-order valence-corrected chi connectivity index (χ0v) is 12.7. The molecule has 2 aromatic carbocycles. The average Bonchev–Trinajstić information content (AvgIpc) is 2.86. The second kappa shape index (κ2) is 5.64. The lowest BCUT2D eigenvalue weighted by Gasteiger charge is -2.09. The molecule has 3 rings (SSSR count). The Hall–Kier alpha value is -2.62. The molecule has 112 valence electrons. The Labute approximate surface area is 129 Å². The van der Waals surface area contributed by atoms with Crippen LogP contribution in [0.4, 0.5) is 0 Å². The van der Waals surface area contributed by atoms with Crippen LogP contribution < -0.4 is 0 Å². The first kappa shape index (κ1) is 14.3. The molecule has 1 heterocycles. The molecule has 1 N–H and O–H groups in total. The molecule has 0 aliphatic carbocycles. The fraction of sp³-hybridized carbons (Fsp3) is 0.222. The summed E-state index contributed by atoms with van der Waals surface area (Å²) >= 11 is 0. The summed E-state index contributed by atoms with van der Waals surface area (Å²) in [5.41, 5.74) is 4.41. The molecule has 22 heavy (non-hydrogen) atoms. The molecule has 0 spiro atoms. The third kappa shape index (κ3) is 2.60. The maximum atomic E-state index is 11.2. The monoisotopic (exact) mass is 294 g/mol. The van der Waals surface area contributed by atoms with Crippen molar-refractivity contribution in [3.63, 3.8) is 0 Å². The van der Waals surface area contributed by atoms with Crippen molar-refractivity contribution in [2.75, 3.05) is 0 Å². The van der Waals surface area contributed by atoms with Crippen LogP contribution in [0.25, 0.3) is 11.0 Å². The number of carboxylic acid groups (broad SMARTS) is 1. The fourth-order valence-corrected chi connectivity index (χ4v) is 2.63. The van der Waals surface area contributed by atoms with Crippen molar-refractivity contribution in [2.24, 2.45) is 0 Å². The van der Waals surface area contributed by atoms with Crippen LogP contribution >= 0.6 is 0 Å². The molecule has 0 unspecified atom stereocenters. The highest BCUT2D eigenvalue weighted by atomic mass is 16.4. The Balaban J connectivity index is 2.10. The Morgan fingerprint density at radius 2 is 1.91 bits per heavy atom. The van der Waals surface area contributed by atoms with E-state index in [1.807, 2.05) is 0 Å². The molecule has 0 saturated heterocycles. The zero-order valence-electron chi connectivity index (χ0n) is 12.7. The van der Waals surface area contributed by atoms with E-state index in [1.165, 1.54) is 11.1 Å². The van der Waals surface area contributed by atoms with Crippen LogP contribution in [0.15, 0.2) is 42.5 Å². The van der Waals surface area contributed by atoms with Crippen molar-refractivity contribution in [1.82, 2.24) is 9.55 Å². The number of carbonyl (C=O) groups is 1. The second-order valence-electron chi connectivity index (χ2n) is 5.46. The van der Waals surface area contributed by atoms with Gasteiger partial charge in [-0.25, -0.2) is 9.78 Å². The van der Waals surface area contributed by atoms with Gasteiger partial charge in [0.05, 0.1) is 16.6 Å². The number of rotatable bonds is 4. The first-order valence-electron chi connectivity index (χ1n) is 7.36. The largest absolute Gasteiger partial charge is 0.478 e. The van der Waals surface area contributed by atoms with Gasteiger partial charge in [0.2, 0.25) is 0 Å². The molecule has 0 radical (unpaired) electrons. The van der Waals surface area contributed by atoms with E-state index in [-0.39, 0.29) is 0 Å². The maximum Gasteiger partial charge on any atom is 0.335 e. The minimum atomic E-state index is -0.914. The number of hydrogen-bond acceptors (Lipinski definition) is 2. The van der Waals surface area contributed by atoms with Gasteiger partial charge < -0.3 is 9.67 Å². The number of fused-ring (bicyclic) bond motifs is 1. The Kier molecular flexibility index (Phi) is 3.67. The van der Waals surface area contributed by atoms with Crippen LogP contribution in [0, 0.1) is 6.92 Å². The molecule has 4 heteroatoms. The summed E-state index contributed by atoms with van der Waals surface area (Å²) in [6.45, 7) is 4.82. The number of aromatic carboxylic acids is 1. The van der Waals surface area contributed by atoms with E-state index < -0.39 is 5.97 Å². The first-order chi connectivity index (χ1) is 10.6. The Morgan fingerprint density at radius 1 is 1.18 bits per heavy atom. The predicted octanol–water partition coefficient (Wildman–Crippen LogP) is 3.65. The van der Waals surface area contributed by atoms with E-state index in [1.54, 1.807) is 18.2 Å². The topological polar surface area (TPSA) is 55.1 Å². The number of imidazole rings is 1. The predicted molar refractivity (Wildman–Crippen MR) is 86.4 cm³/mol. The van der Waals surface area contributed by atoms with Crippen molar-refractivity contribution >= 4 is 17.0 Å². The third-order valence-electron chi connectivity index (χ3n) is 3.85. The van der Waals surface area contributed by atoms with Gasteiger partial charge in [0.15, 0.2) is 0 Å². The highest BCUT2D eigenvalue weighted by Gasteiger charge is 2.12. The van der Waals surface area contributed by atoms with Gasteiger partial charge in [-0.1, -0.05) is 36.8 Å². The van der Waals surface area contributed by atoms with Gasteiger partial charge in [0.1, 0.15) is 5.82 Å². The molecule has 4 nitrogen and oxygen atoms in total. The van der Waals surface area contributed by atoms with Gasteiger partial charge in [-0.2, -0.15) is 0 Å². The van der Waals surface area contributed by atoms with E-state index in [0.29, 0.717) is 12.1 Å². The van der Waals surface area contributed by atoms with Gasteiger partial charge in [0.25, 0.3) is 0 Å². The Bertz CT molecular complexity index is 832. The number of nitrogens with zero attached hydrogens (tertiary/aromatic N) is 2. The van der Waals surface area contributed by atoms with Crippen LogP contribution in [0.1, 0.15) is 34.2 Å². The highest BCUT2D eigenvalue weighted by Crippen LogP contribution is 2.20. The molecule has 0 fully saturated rings. The van der Waals surface area contributed by atoms with Crippen LogP contribution in [0.3, 0.4) is 0 Å². The number of aryl methyl sites for hydroxylation is 2. The summed E-state index contributed by atoms with van der Waals surface area (Å²) in [6.07, 6.45) is 0.808. The van der Waals surface area contributed by atoms with Crippen molar-refractivity contribution < 1.29 is 9.90 Å². The normalized spacial score (nSPS) is 11.0. The summed E-state index contributed by atoms with van der Waals surface area (Å²) in [6, 6.07) is 13.5. The van der Waals surface area contributed by atoms with E-state index in [2.05, 4.69) is 47.7 Å². The molecule has 0 bridgehead atoms. The standard InChI is InChI=1S/C18H18N2O2/c1-3-17-19-15-9-8-14(18(21)22)10-16(15)20(17)11-13-6-4-12(2)5-7-13/h4-10H,3,11H2,1-2H3,(H,21,22). The minimum Gasteiger partial charge on any atom is -0.478 e. The Morgan fingerprint density at radius 3 is 2.55 bits per heavy atom. The van der Waals surface area contributed by atoms with Crippen molar-refractivity contribution in [3.8, 4) is 0 Å². The smallest absolute Gasteiger partial charge is 0.335 e. The number of carboxylic acids is 1. The zero-order chi connectivity index (χ0) is 15.7. The third-order valence-corrected chi connectivity index (χ3v) is 3.85. The van der Waals surface area contributed by atoms with Gasteiger partial charge in [-0.15, -0.1) is 0 Å². The van der Waals surface area contributed by atoms with E-state index >= 15 is 0 Å². The molecule has 0 aliphatic heterocycles. The lowest BCUT2D eigenvalue weighted by molar-refractivity contribution is 0.0697. The summed E-state index contributed by atoms with van der Waals surface area (Å²) in [5, 5.41) is 9.19. The molecule has 0 atom stereocenters. The van der Waals surface area contributed by atoms with Gasteiger partial charge in [-0.05, 0) is 30.7 Å². The van der Waals surface area contributed by atoms with Crippen molar-refractivity contribution in [2.45, 2.75) is 26.8 Å². The quantitative estimate of drug-likeness (QED) is 0.799. The molecule has 3 aromatic rings. The van der Waals surface area contributed by atoms with E-state index in [4.69, 9.17) is 0 Å². The molecule has 0 saturated carbocycles. The summed E-state index contributed by atoms with van der Waals surface area (Å²) in [5.74, 6) is 0.0566. The molecule has 0 amide bonds. The van der Waals surface area contributed by atoms with Crippen LogP contribution in [0.2, 0.25) is 0 Å². The van der Waals surface area contributed by atoms with Crippen molar-refractivity contribution in [1.29, 1.82) is 0 Å². The molecular formula is C18H18N2O2. The second-order valence-corrected chi connectivity index (χ2v) is 5.46. The minimum absolute atomic E-state index is 0.292. The average molecular weight is 294 g/mol. The van der Waals surface area contributed by atoms with Gasteiger partial charge in [0, 0.05) is 13.0 Å². The van der Waals surface area contributed by atoms with E-state index in [9.17, 15) is 9.90 Å². The summed E-state index contributed by atoms with van der Waals surface area (Å²) in [4.78, 5) is 15.8. The number of aromatic nitrogens is 2. The van der Waals surface area contributed by atoms with Crippen LogP contribution in [-0.2, 0) is 13.0 Å². The lowest BCUT2D eigenvalue weighted by atomic mass is 10.1. The van der Waals surface area contributed by atoms with Gasteiger partial charge in [-0.3, -0.25) is 0 Å².